The monoisotopic (exact) mass is 315 g/mol. The fourth-order valence-electron chi connectivity index (χ4n) is 1.36. The SMILES string of the molecule is O=[N+]([O-])c1ccc(-n2ccc(CCl)n2)cc1Br. The summed E-state index contributed by atoms with van der Waals surface area (Å²) in [5, 5.41) is 14.9. The van der Waals surface area contributed by atoms with Gasteiger partial charge in [-0.2, -0.15) is 5.10 Å². The van der Waals surface area contributed by atoms with Gasteiger partial charge in [0, 0.05) is 12.3 Å². The molecule has 0 unspecified atom stereocenters. The number of aromatic nitrogens is 2. The highest BCUT2D eigenvalue weighted by Crippen LogP contribution is 2.26. The van der Waals surface area contributed by atoms with Crippen LogP contribution in [-0.4, -0.2) is 14.7 Å². The lowest BCUT2D eigenvalue weighted by Gasteiger charge is -2.02. The minimum atomic E-state index is -0.443. The molecule has 0 saturated heterocycles. The highest BCUT2D eigenvalue weighted by Gasteiger charge is 2.12. The Morgan fingerprint density at radius 1 is 1.47 bits per heavy atom. The Morgan fingerprint density at radius 2 is 2.24 bits per heavy atom. The second-order valence-corrected chi connectivity index (χ2v) is 4.40. The summed E-state index contributed by atoms with van der Waals surface area (Å²) in [4.78, 5) is 10.2. The van der Waals surface area contributed by atoms with E-state index in [1.807, 2.05) is 0 Å². The van der Waals surface area contributed by atoms with Gasteiger partial charge in [-0.15, -0.1) is 11.6 Å². The van der Waals surface area contributed by atoms with Gasteiger partial charge in [0.05, 0.1) is 26.7 Å². The molecule has 1 heterocycles. The van der Waals surface area contributed by atoms with Crippen molar-refractivity contribution in [1.82, 2.24) is 9.78 Å². The zero-order chi connectivity index (χ0) is 12.4. The molecule has 0 aliphatic rings. The number of nitro benzene ring substituents is 1. The van der Waals surface area contributed by atoms with Crippen molar-refractivity contribution in [2.24, 2.45) is 0 Å². The van der Waals surface area contributed by atoms with Gasteiger partial charge in [0.2, 0.25) is 0 Å². The summed E-state index contributed by atoms with van der Waals surface area (Å²) < 4.78 is 2.04. The molecule has 0 spiro atoms. The summed E-state index contributed by atoms with van der Waals surface area (Å²) >= 11 is 8.81. The van der Waals surface area contributed by atoms with Crippen molar-refractivity contribution in [2.75, 3.05) is 0 Å². The van der Waals surface area contributed by atoms with Gasteiger partial charge in [0.1, 0.15) is 0 Å². The van der Waals surface area contributed by atoms with Crippen molar-refractivity contribution in [3.05, 3.63) is 50.7 Å². The standard InChI is InChI=1S/C10H7BrClN3O2/c11-9-5-8(1-2-10(9)15(16)17)14-4-3-7(6-12)13-14/h1-5H,6H2. The van der Waals surface area contributed by atoms with E-state index in [0.717, 1.165) is 11.4 Å². The van der Waals surface area contributed by atoms with E-state index in [1.54, 1.807) is 29.1 Å². The van der Waals surface area contributed by atoms with E-state index in [0.29, 0.717) is 10.4 Å². The molecule has 2 aromatic rings. The lowest BCUT2D eigenvalue weighted by atomic mass is 10.3. The Balaban J connectivity index is 2.40. The third-order valence-corrected chi connectivity index (χ3v) is 3.08. The van der Waals surface area contributed by atoms with Crippen LogP contribution >= 0.6 is 27.5 Å². The second kappa shape index (κ2) is 4.85. The van der Waals surface area contributed by atoms with Gasteiger partial charge >= 0.3 is 0 Å². The maximum Gasteiger partial charge on any atom is 0.283 e. The zero-order valence-corrected chi connectivity index (χ0v) is 10.8. The molecule has 7 heteroatoms. The third-order valence-electron chi connectivity index (χ3n) is 2.17. The normalized spacial score (nSPS) is 10.5. The molecule has 1 aromatic heterocycles. The van der Waals surface area contributed by atoms with Crippen molar-refractivity contribution in [3.8, 4) is 5.69 Å². The van der Waals surface area contributed by atoms with Gasteiger partial charge in [-0.1, -0.05) is 0 Å². The number of hydrogen-bond donors (Lipinski definition) is 0. The molecule has 88 valence electrons. The predicted octanol–water partition coefficient (Wildman–Crippen LogP) is 3.28. The van der Waals surface area contributed by atoms with Crippen LogP contribution in [0.25, 0.3) is 5.69 Å². The number of benzene rings is 1. The van der Waals surface area contributed by atoms with Gasteiger partial charge in [-0.05, 0) is 34.1 Å². The topological polar surface area (TPSA) is 61.0 Å². The van der Waals surface area contributed by atoms with Crippen molar-refractivity contribution < 1.29 is 4.92 Å². The Hall–Kier alpha value is -1.40. The highest BCUT2D eigenvalue weighted by atomic mass is 79.9. The van der Waals surface area contributed by atoms with E-state index in [9.17, 15) is 10.1 Å². The first-order valence-electron chi connectivity index (χ1n) is 4.66. The van der Waals surface area contributed by atoms with E-state index in [-0.39, 0.29) is 5.69 Å². The molecule has 1 aromatic carbocycles. The summed E-state index contributed by atoms with van der Waals surface area (Å²) in [6.07, 6.45) is 1.76. The van der Waals surface area contributed by atoms with Gasteiger partial charge < -0.3 is 0 Å². The zero-order valence-electron chi connectivity index (χ0n) is 8.51. The van der Waals surface area contributed by atoms with Crippen LogP contribution in [0.5, 0.6) is 0 Å². The van der Waals surface area contributed by atoms with Crippen LogP contribution in [0.2, 0.25) is 0 Å². The molecule has 2 rings (SSSR count). The average molecular weight is 317 g/mol. The van der Waals surface area contributed by atoms with E-state index in [1.165, 1.54) is 6.07 Å². The molecule has 0 N–H and O–H groups in total. The molecule has 0 saturated carbocycles. The summed E-state index contributed by atoms with van der Waals surface area (Å²) in [6, 6.07) is 6.50. The Bertz CT molecular complexity index is 570. The Kier molecular flexibility index (Phi) is 3.44. The first kappa shape index (κ1) is 12.1. The first-order chi connectivity index (χ1) is 8.11. The lowest BCUT2D eigenvalue weighted by Crippen LogP contribution is -1.97. The number of hydrogen-bond acceptors (Lipinski definition) is 3. The molecule has 0 fully saturated rings. The van der Waals surface area contributed by atoms with Crippen molar-refractivity contribution in [2.45, 2.75) is 5.88 Å². The largest absolute Gasteiger partial charge is 0.283 e. The molecule has 5 nitrogen and oxygen atoms in total. The first-order valence-corrected chi connectivity index (χ1v) is 5.99. The van der Waals surface area contributed by atoms with E-state index >= 15 is 0 Å². The summed E-state index contributed by atoms with van der Waals surface area (Å²) in [5.41, 5.74) is 1.51. The van der Waals surface area contributed by atoms with E-state index in [4.69, 9.17) is 11.6 Å². The molecule has 0 bridgehead atoms. The minimum Gasteiger partial charge on any atom is -0.258 e. The molecular formula is C10H7BrClN3O2. The van der Waals surface area contributed by atoms with Crippen LogP contribution < -0.4 is 0 Å². The predicted molar refractivity (Wildman–Crippen MR) is 67.5 cm³/mol. The van der Waals surface area contributed by atoms with Crippen molar-refractivity contribution in [1.29, 1.82) is 0 Å². The molecule has 0 aliphatic heterocycles. The van der Waals surface area contributed by atoms with Crippen LogP contribution in [0.15, 0.2) is 34.9 Å². The fraction of sp³-hybridized carbons (Fsp3) is 0.100. The van der Waals surface area contributed by atoms with Crippen molar-refractivity contribution >= 4 is 33.2 Å². The van der Waals surface area contributed by atoms with Crippen molar-refractivity contribution in [3.63, 3.8) is 0 Å². The Labute approximate surface area is 110 Å². The Morgan fingerprint density at radius 3 is 2.76 bits per heavy atom. The van der Waals surface area contributed by atoms with Crippen LogP contribution in [0, 0.1) is 10.1 Å². The molecule has 0 atom stereocenters. The minimum absolute atomic E-state index is 0.0264. The molecular weight excluding hydrogens is 309 g/mol. The van der Waals surface area contributed by atoms with Gasteiger partial charge in [-0.3, -0.25) is 10.1 Å². The van der Waals surface area contributed by atoms with Crippen LogP contribution in [-0.2, 0) is 5.88 Å². The maximum atomic E-state index is 10.7. The van der Waals surface area contributed by atoms with E-state index in [2.05, 4.69) is 21.0 Å². The fourth-order valence-corrected chi connectivity index (χ4v) is 2.02. The van der Waals surface area contributed by atoms with Gasteiger partial charge in [-0.25, -0.2) is 4.68 Å². The van der Waals surface area contributed by atoms with E-state index < -0.39 is 4.92 Å². The van der Waals surface area contributed by atoms with Gasteiger partial charge in [0.25, 0.3) is 5.69 Å². The van der Waals surface area contributed by atoms with Crippen LogP contribution in [0.1, 0.15) is 5.69 Å². The van der Waals surface area contributed by atoms with Gasteiger partial charge in [0.15, 0.2) is 0 Å². The number of alkyl halides is 1. The van der Waals surface area contributed by atoms with Crippen LogP contribution in [0.4, 0.5) is 5.69 Å². The summed E-state index contributed by atoms with van der Waals surface area (Å²) in [7, 11) is 0. The smallest absolute Gasteiger partial charge is 0.258 e. The number of nitro groups is 1. The number of nitrogens with zero attached hydrogens (tertiary/aromatic N) is 3. The maximum absolute atomic E-state index is 10.7. The number of halogens is 2. The number of rotatable bonds is 3. The summed E-state index contributed by atoms with van der Waals surface area (Å²) in [6.45, 7) is 0. The van der Waals surface area contributed by atoms with Crippen LogP contribution in [0.3, 0.4) is 0 Å². The average Bonchev–Trinajstić information content (AvgIpc) is 2.76. The molecule has 0 aliphatic carbocycles. The quantitative estimate of drug-likeness (QED) is 0.496. The molecule has 0 amide bonds. The lowest BCUT2D eigenvalue weighted by molar-refractivity contribution is -0.385. The third kappa shape index (κ3) is 2.48. The summed E-state index contributed by atoms with van der Waals surface area (Å²) in [5.74, 6) is 0.334. The molecule has 0 radical (unpaired) electrons. The second-order valence-electron chi connectivity index (χ2n) is 3.28. The highest BCUT2D eigenvalue weighted by molar-refractivity contribution is 9.10. The molecule has 17 heavy (non-hydrogen) atoms.